The molecule has 0 aliphatic carbocycles. The Morgan fingerprint density at radius 3 is 2.67 bits per heavy atom. The minimum atomic E-state index is 0.594. The van der Waals surface area contributed by atoms with E-state index < -0.39 is 0 Å². The number of hydrogen-bond donors (Lipinski definition) is 0. The van der Waals surface area contributed by atoms with Crippen LogP contribution >= 0.6 is 0 Å². The van der Waals surface area contributed by atoms with E-state index in [0.717, 1.165) is 6.42 Å². The standard InChI is InChI=1S/C8H15O/c1-3-5-6-8-7(4-2)9-8/h7-8H,1,3-6H2,2H3. The number of ether oxygens (including phenoxy) is 1. The second kappa shape index (κ2) is 3.21. The van der Waals surface area contributed by atoms with Gasteiger partial charge >= 0.3 is 0 Å². The summed E-state index contributed by atoms with van der Waals surface area (Å²) in [7, 11) is 0. The topological polar surface area (TPSA) is 12.5 Å². The van der Waals surface area contributed by atoms with Gasteiger partial charge in [0.1, 0.15) is 0 Å². The van der Waals surface area contributed by atoms with Gasteiger partial charge in [0.15, 0.2) is 0 Å². The first-order valence-corrected chi connectivity index (χ1v) is 3.83. The van der Waals surface area contributed by atoms with Crippen LogP contribution in [-0.4, -0.2) is 12.2 Å². The number of hydrogen-bond acceptors (Lipinski definition) is 1. The summed E-state index contributed by atoms with van der Waals surface area (Å²) >= 11 is 0. The molecular weight excluding hydrogens is 112 g/mol. The summed E-state index contributed by atoms with van der Waals surface area (Å²) in [6, 6.07) is 0. The smallest absolute Gasteiger partial charge is 0.0841 e. The Bertz CT molecular complexity index is 80.6. The van der Waals surface area contributed by atoms with Gasteiger partial charge in [0.05, 0.1) is 12.2 Å². The van der Waals surface area contributed by atoms with E-state index in [0.29, 0.717) is 12.2 Å². The molecule has 1 aliphatic heterocycles. The Labute approximate surface area is 57.4 Å². The third-order valence-corrected chi connectivity index (χ3v) is 1.83. The Morgan fingerprint density at radius 1 is 1.44 bits per heavy atom. The molecule has 0 amide bonds. The van der Waals surface area contributed by atoms with Crippen molar-refractivity contribution in [3.05, 3.63) is 6.92 Å². The molecule has 0 N–H and O–H groups in total. The molecule has 2 atom stereocenters. The van der Waals surface area contributed by atoms with E-state index in [1.165, 1.54) is 19.3 Å². The van der Waals surface area contributed by atoms with Crippen LogP contribution in [0.3, 0.4) is 0 Å². The number of rotatable bonds is 4. The van der Waals surface area contributed by atoms with Crippen molar-refractivity contribution in [2.75, 3.05) is 0 Å². The first-order valence-electron chi connectivity index (χ1n) is 3.83. The molecule has 0 spiro atoms. The zero-order chi connectivity index (χ0) is 6.69. The highest BCUT2D eigenvalue weighted by Crippen LogP contribution is 2.29. The molecule has 0 aromatic rings. The van der Waals surface area contributed by atoms with E-state index in [-0.39, 0.29) is 0 Å². The minimum Gasteiger partial charge on any atom is -0.370 e. The third kappa shape index (κ3) is 1.98. The molecule has 0 bridgehead atoms. The van der Waals surface area contributed by atoms with Crippen molar-refractivity contribution in [3.8, 4) is 0 Å². The van der Waals surface area contributed by atoms with Crippen LogP contribution in [0.1, 0.15) is 32.6 Å². The van der Waals surface area contributed by atoms with Crippen LogP contribution in [-0.2, 0) is 4.74 Å². The normalized spacial score (nSPS) is 32.7. The van der Waals surface area contributed by atoms with Crippen LogP contribution in [0.4, 0.5) is 0 Å². The first-order chi connectivity index (χ1) is 4.38. The average molecular weight is 127 g/mol. The predicted octanol–water partition coefficient (Wildman–Crippen LogP) is 2.17. The zero-order valence-corrected chi connectivity index (χ0v) is 6.10. The molecule has 1 aliphatic rings. The van der Waals surface area contributed by atoms with Gasteiger partial charge in [-0.25, -0.2) is 0 Å². The van der Waals surface area contributed by atoms with Crippen molar-refractivity contribution in [1.82, 2.24) is 0 Å². The van der Waals surface area contributed by atoms with Crippen LogP contribution in [0, 0.1) is 6.92 Å². The van der Waals surface area contributed by atoms with E-state index >= 15 is 0 Å². The maximum atomic E-state index is 5.34. The minimum absolute atomic E-state index is 0.594. The number of unbranched alkanes of at least 4 members (excludes halogenated alkanes) is 1. The fourth-order valence-corrected chi connectivity index (χ4v) is 1.14. The predicted molar refractivity (Wildman–Crippen MR) is 38.2 cm³/mol. The second-order valence-corrected chi connectivity index (χ2v) is 2.62. The van der Waals surface area contributed by atoms with Crippen molar-refractivity contribution >= 4 is 0 Å². The molecule has 1 nitrogen and oxygen atoms in total. The molecule has 1 heteroatoms. The summed E-state index contributed by atoms with van der Waals surface area (Å²) in [5.41, 5.74) is 0. The molecule has 1 fully saturated rings. The van der Waals surface area contributed by atoms with E-state index in [4.69, 9.17) is 4.74 Å². The summed E-state index contributed by atoms with van der Waals surface area (Å²) < 4.78 is 5.34. The van der Waals surface area contributed by atoms with E-state index in [2.05, 4.69) is 13.8 Å². The summed E-state index contributed by atoms with van der Waals surface area (Å²) in [6.45, 7) is 5.96. The van der Waals surface area contributed by atoms with Crippen molar-refractivity contribution in [2.45, 2.75) is 44.8 Å². The summed E-state index contributed by atoms with van der Waals surface area (Å²) in [5.74, 6) is 0. The van der Waals surface area contributed by atoms with E-state index in [1.54, 1.807) is 0 Å². The Kier molecular flexibility index (Phi) is 2.52. The summed E-state index contributed by atoms with van der Waals surface area (Å²) in [6.07, 6.45) is 5.87. The van der Waals surface area contributed by atoms with Crippen molar-refractivity contribution in [2.24, 2.45) is 0 Å². The molecule has 0 aromatic carbocycles. The van der Waals surface area contributed by atoms with Gasteiger partial charge in [-0.2, -0.15) is 0 Å². The fraction of sp³-hybridized carbons (Fsp3) is 0.875. The maximum Gasteiger partial charge on any atom is 0.0841 e. The highest BCUT2D eigenvalue weighted by atomic mass is 16.6. The van der Waals surface area contributed by atoms with Gasteiger partial charge in [-0.1, -0.05) is 26.7 Å². The quantitative estimate of drug-likeness (QED) is 0.527. The lowest BCUT2D eigenvalue weighted by molar-refractivity contribution is 0.357. The highest BCUT2D eigenvalue weighted by Gasteiger charge is 2.35. The average Bonchev–Trinajstić information content (AvgIpc) is 2.62. The third-order valence-electron chi connectivity index (χ3n) is 1.83. The van der Waals surface area contributed by atoms with E-state index in [9.17, 15) is 0 Å². The van der Waals surface area contributed by atoms with Crippen LogP contribution in [0.5, 0.6) is 0 Å². The van der Waals surface area contributed by atoms with Crippen LogP contribution in [0.15, 0.2) is 0 Å². The van der Waals surface area contributed by atoms with Gasteiger partial charge in [0.2, 0.25) is 0 Å². The Hall–Kier alpha value is -0.0400. The maximum absolute atomic E-state index is 5.34. The molecule has 1 saturated heterocycles. The molecule has 0 saturated carbocycles. The van der Waals surface area contributed by atoms with Crippen LogP contribution in [0.25, 0.3) is 0 Å². The molecule has 2 unspecified atom stereocenters. The Morgan fingerprint density at radius 2 is 2.22 bits per heavy atom. The van der Waals surface area contributed by atoms with Gasteiger partial charge in [0, 0.05) is 0 Å². The molecule has 1 radical (unpaired) electrons. The largest absolute Gasteiger partial charge is 0.370 e. The lowest BCUT2D eigenvalue weighted by Crippen LogP contribution is -1.90. The van der Waals surface area contributed by atoms with Gasteiger partial charge in [0.25, 0.3) is 0 Å². The molecule has 1 heterocycles. The van der Waals surface area contributed by atoms with E-state index in [1.807, 2.05) is 0 Å². The second-order valence-electron chi connectivity index (χ2n) is 2.62. The highest BCUT2D eigenvalue weighted by molar-refractivity contribution is 4.82. The molecular formula is C8H15O. The molecule has 9 heavy (non-hydrogen) atoms. The lowest BCUT2D eigenvalue weighted by Gasteiger charge is -1.88. The monoisotopic (exact) mass is 127 g/mol. The first kappa shape index (κ1) is 7.07. The van der Waals surface area contributed by atoms with Gasteiger partial charge in [-0.3, -0.25) is 0 Å². The van der Waals surface area contributed by atoms with Gasteiger partial charge < -0.3 is 4.74 Å². The summed E-state index contributed by atoms with van der Waals surface area (Å²) in [5, 5.41) is 0. The number of epoxide rings is 1. The SMILES string of the molecule is [CH2]CCCC1OC1CC. The van der Waals surface area contributed by atoms with Crippen molar-refractivity contribution in [3.63, 3.8) is 0 Å². The molecule has 1 rings (SSSR count). The molecule has 0 aromatic heterocycles. The summed E-state index contributed by atoms with van der Waals surface area (Å²) in [4.78, 5) is 0. The van der Waals surface area contributed by atoms with Crippen molar-refractivity contribution in [1.29, 1.82) is 0 Å². The Balaban J connectivity index is 1.92. The molecule has 53 valence electrons. The zero-order valence-electron chi connectivity index (χ0n) is 6.10. The van der Waals surface area contributed by atoms with Crippen LogP contribution in [0.2, 0.25) is 0 Å². The van der Waals surface area contributed by atoms with Gasteiger partial charge in [-0.15, -0.1) is 0 Å². The fourth-order valence-electron chi connectivity index (χ4n) is 1.14. The van der Waals surface area contributed by atoms with Gasteiger partial charge in [-0.05, 0) is 12.8 Å². The van der Waals surface area contributed by atoms with Crippen molar-refractivity contribution < 1.29 is 4.74 Å². The lowest BCUT2D eigenvalue weighted by atomic mass is 10.1. The van der Waals surface area contributed by atoms with Crippen LogP contribution < -0.4 is 0 Å².